The smallest absolute Gasteiger partial charge is 0.217 e. The maximum absolute atomic E-state index is 14.3. The van der Waals surface area contributed by atoms with Crippen molar-refractivity contribution in [3.05, 3.63) is 53.1 Å². The maximum atomic E-state index is 14.3. The second-order valence-electron chi connectivity index (χ2n) is 4.10. The molecule has 0 aliphatic heterocycles. The summed E-state index contributed by atoms with van der Waals surface area (Å²) in [6.07, 6.45) is 3.31. The van der Waals surface area contributed by atoms with Crippen molar-refractivity contribution in [1.82, 2.24) is 4.98 Å². The number of carbonyl (C=O) groups excluding carboxylic acids is 1. The third-order valence-electron chi connectivity index (χ3n) is 2.64. The normalized spacial score (nSPS) is 10.3. The Morgan fingerprint density at radius 2 is 2.00 bits per heavy atom. The van der Waals surface area contributed by atoms with Crippen LogP contribution in [0.5, 0.6) is 11.5 Å². The largest absolute Gasteiger partial charge is 0.453 e. The first-order valence-corrected chi connectivity index (χ1v) is 6.29. The van der Waals surface area contributed by atoms with Gasteiger partial charge in [-0.25, -0.2) is 4.39 Å². The van der Waals surface area contributed by atoms with Crippen molar-refractivity contribution in [3.8, 4) is 11.5 Å². The van der Waals surface area contributed by atoms with Crippen molar-refractivity contribution < 1.29 is 13.9 Å². The van der Waals surface area contributed by atoms with E-state index in [0.717, 1.165) is 0 Å². The monoisotopic (exact) mass is 294 g/mol. The fourth-order valence-electron chi connectivity index (χ4n) is 1.64. The highest BCUT2D eigenvalue weighted by molar-refractivity contribution is 6.32. The molecule has 1 aromatic carbocycles. The number of benzene rings is 1. The van der Waals surface area contributed by atoms with Gasteiger partial charge in [0.2, 0.25) is 5.91 Å². The average Bonchev–Trinajstić information content (AvgIpc) is 2.43. The third-order valence-corrected chi connectivity index (χ3v) is 2.94. The van der Waals surface area contributed by atoms with Gasteiger partial charge in [0.15, 0.2) is 11.6 Å². The number of hydrogen-bond acceptors (Lipinski definition) is 3. The highest BCUT2D eigenvalue weighted by atomic mass is 35.5. The molecule has 0 radical (unpaired) electrons. The number of carbonyl (C=O) groups is 1. The summed E-state index contributed by atoms with van der Waals surface area (Å²) in [7, 11) is 0. The number of pyridine rings is 1. The first-order valence-electron chi connectivity index (χ1n) is 5.91. The van der Waals surface area contributed by atoms with Crippen LogP contribution in [0.3, 0.4) is 0 Å². The van der Waals surface area contributed by atoms with Crippen molar-refractivity contribution in [2.45, 2.75) is 12.8 Å². The summed E-state index contributed by atoms with van der Waals surface area (Å²) in [5, 5.41) is 0.155. The molecule has 6 heteroatoms. The van der Waals surface area contributed by atoms with Crippen molar-refractivity contribution in [1.29, 1.82) is 0 Å². The minimum absolute atomic E-state index is 0.0627. The van der Waals surface area contributed by atoms with Crippen molar-refractivity contribution in [2.24, 2.45) is 5.73 Å². The molecule has 0 saturated heterocycles. The number of nitrogens with zero attached hydrogens (tertiary/aromatic N) is 1. The van der Waals surface area contributed by atoms with Crippen LogP contribution in [0.25, 0.3) is 0 Å². The average molecular weight is 295 g/mol. The van der Waals surface area contributed by atoms with Crippen LogP contribution in [-0.2, 0) is 11.2 Å². The molecule has 0 bridgehead atoms. The predicted octanol–water partition coefficient (Wildman–Crippen LogP) is 3.08. The molecule has 1 heterocycles. The van der Waals surface area contributed by atoms with Crippen LogP contribution in [-0.4, -0.2) is 10.9 Å². The highest BCUT2D eigenvalue weighted by Crippen LogP contribution is 2.34. The Hall–Kier alpha value is -2.14. The summed E-state index contributed by atoms with van der Waals surface area (Å²) in [5.74, 6) is -0.723. The molecule has 0 spiro atoms. The number of primary amides is 1. The number of aromatic nitrogens is 1. The van der Waals surface area contributed by atoms with Gasteiger partial charge in [0.05, 0.1) is 5.02 Å². The molecule has 0 fully saturated rings. The fraction of sp³-hybridized carbons (Fsp3) is 0.143. The van der Waals surface area contributed by atoms with E-state index in [9.17, 15) is 9.18 Å². The van der Waals surface area contributed by atoms with Crippen molar-refractivity contribution in [3.63, 3.8) is 0 Å². The topological polar surface area (TPSA) is 65.2 Å². The quantitative estimate of drug-likeness (QED) is 0.921. The molecule has 20 heavy (non-hydrogen) atoms. The van der Waals surface area contributed by atoms with Gasteiger partial charge in [-0.2, -0.15) is 0 Å². The number of nitrogens with two attached hydrogens (primary N) is 1. The molecule has 0 atom stereocenters. The molecule has 0 aliphatic rings. The Balaban J connectivity index is 2.27. The number of hydrogen-bond donors (Lipinski definition) is 1. The SMILES string of the molecule is NC(=O)CCc1ccc(Cl)c(Oc2ccncc2)c1F. The van der Waals surface area contributed by atoms with Crippen LogP contribution in [0.15, 0.2) is 36.7 Å². The lowest BCUT2D eigenvalue weighted by molar-refractivity contribution is -0.117. The lowest BCUT2D eigenvalue weighted by Crippen LogP contribution is -2.11. The second kappa shape index (κ2) is 6.34. The molecule has 104 valence electrons. The van der Waals surface area contributed by atoms with E-state index in [1.807, 2.05) is 0 Å². The highest BCUT2D eigenvalue weighted by Gasteiger charge is 2.15. The summed E-state index contributed by atoms with van der Waals surface area (Å²) >= 11 is 5.94. The van der Waals surface area contributed by atoms with Gasteiger partial charge in [-0.1, -0.05) is 17.7 Å². The summed E-state index contributed by atoms with van der Waals surface area (Å²) < 4.78 is 19.7. The van der Waals surface area contributed by atoms with E-state index in [1.165, 1.54) is 24.5 Å². The van der Waals surface area contributed by atoms with Crippen LogP contribution in [0.4, 0.5) is 4.39 Å². The molecule has 4 nitrogen and oxygen atoms in total. The lowest BCUT2D eigenvalue weighted by atomic mass is 10.1. The summed E-state index contributed by atoms with van der Waals surface area (Å²) in [5.41, 5.74) is 5.39. The van der Waals surface area contributed by atoms with Gasteiger partial charge in [0.25, 0.3) is 0 Å². The van der Waals surface area contributed by atoms with Crippen LogP contribution < -0.4 is 10.5 Å². The Kier molecular flexibility index (Phi) is 4.53. The van der Waals surface area contributed by atoms with E-state index in [2.05, 4.69) is 4.98 Å². The van der Waals surface area contributed by atoms with Crippen LogP contribution >= 0.6 is 11.6 Å². The molecule has 0 aliphatic carbocycles. The first kappa shape index (κ1) is 14.3. The number of ether oxygens (including phenoxy) is 1. The molecule has 0 saturated carbocycles. The van der Waals surface area contributed by atoms with Crippen LogP contribution in [0.2, 0.25) is 5.02 Å². The second-order valence-corrected chi connectivity index (χ2v) is 4.51. The maximum Gasteiger partial charge on any atom is 0.217 e. The summed E-state index contributed by atoms with van der Waals surface area (Å²) in [6.45, 7) is 0. The third kappa shape index (κ3) is 3.45. The van der Waals surface area contributed by atoms with E-state index >= 15 is 0 Å². The first-order chi connectivity index (χ1) is 9.58. The standard InChI is InChI=1S/C14H12ClFN2O2/c15-11-3-1-9(2-4-12(17)19)13(16)14(11)20-10-5-7-18-8-6-10/h1,3,5-8H,2,4H2,(H2,17,19). The van der Waals surface area contributed by atoms with Gasteiger partial charge >= 0.3 is 0 Å². The van der Waals surface area contributed by atoms with Gasteiger partial charge in [-0.3, -0.25) is 9.78 Å². The molecular formula is C14H12ClFN2O2. The van der Waals surface area contributed by atoms with Crippen molar-refractivity contribution >= 4 is 17.5 Å². The Labute approximate surface area is 120 Å². The predicted molar refractivity (Wildman–Crippen MR) is 73.2 cm³/mol. The number of rotatable bonds is 5. The minimum atomic E-state index is -0.587. The Morgan fingerprint density at radius 3 is 2.65 bits per heavy atom. The van der Waals surface area contributed by atoms with E-state index in [0.29, 0.717) is 11.3 Å². The van der Waals surface area contributed by atoms with Gasteiger partial charge < -0.3 is 10.5 Å². The molecular weight excluding hydrogens is 283 g/mol. The molecule has 0 unspecified atom stereocenters. The molecule has 1 aromatic heterocycles. The van der Waals surface area contributed by atoms with Crippen molar-refractivity contribution in [2.75, 3.05) is 0 Å². The van der Waals surface area contributed by atoms with Gasteiger partial charge in [-0.15, -0.1) is 0 Å². The fourth-order valence-corrected chi connectivity index (χ4v) is 1.83. The van der Waals surface area contributed by atoms with Crippen LogP contribution in [0, 0.1) is 5.82 Å². The molecule has 1 amide bonds. The Morgan fingerprint density at radius 1 is 1.30 bits per heavy atom. The number of amides is 1. The van der Waals surface area contributed by atoms with Gasteiger partial charge in [-0.05, 0) is 30.2 Å². The van der Waals surface area contributed by atoms with Gasteiger partial charge in [0.1, 0.15) is 5.75 Å². The zero-order chi connectivity index (χ0) is 14.5. The lowest BCUT2D eigenvalue weighted by Gasteiger charge is -2.11. The van der Waals surface area contributed by atoms with E-state index in [4.69, 9.17) is 22.1 Å². The van der Waals surface area contributed by atoms with Gasteiger partial charge in [0, 0.05) is 18.8 Å². The van der Waals surface area contributed by atoms with E-state index < -0.39 is 11.7 Å². The molecule has 2 rings (SSSR count). The van der Waals surface area contributed by atoms with E-state index in [-0.39, 0.29) is 23.6 Å². The Bertz CT molecular complexity index is 620. The zero-order valence-electron chi connectivity index (χ0n) is 10.5. The zero-order valence-corrected chi connectivity index (χ0v) is 11.2. The summed E-state index contributed by atoms with van der Waals surface area (Å²) in [6, 6.07) is 6.22. The number of halogens is 2. The molecule has 2 aromatic rings. The van der Waals surface area contributed by atoms with Crippen LogP contribution in [0.1, 0.15) is 12.0 Å². The molecule has 2 N–H and O–H groups in total. The van der Waals surface area contributed by atoms with E-state index in [1.54, 1.807) is 12.1 Å². The summed E-state index contributed by atoms with van der Waals surface area (Å²) in [4.78, 5) is 14.6. The minimum Gasteiger partial charge on any atom is -0.453 e. The number of aryl methyl sites for hydroxylation is 1.